The van der Waals surface area contributed by atoms with Gasteiger partial charge in [-0.25, -0.2) is 0 Å². The molecule has 0 radical (unpaired) electrons. The molecule has 3 N–H and O–H groups in total. The van der Waals surface area contributed by atoms with Crippen LogP contribution in [0.15, 0.2) is 39.7 Å². The molecule has 6 nitrogen and oxygen atoms in total. The summed E-state index contributed by atoms with van der Waals surface area (Å²) in [5.74, 6) is -0.689. The Morgan fingerprint density at radius 3 is 2.67 bits per heavy atom. The number of nitrogens with two attached hydrogens (primary N) is 1. The van der Waals surface area contributed by atoms with E-state index in [4.69, 9.17) is 10.2 Å². The first-order valence-electron chi connectivity index (χ1n) is 9.93. The molecular formula is C23H24N2O4S. The largest absolute Gasteiger partial charge is 0.463 e. The van der Waals surface area contributed by atoms with Crippen LogP contribution in [0.25, 0.3) is 11.0 Å². The average molecular weight is 425 g/mol. The number of nitrogens with one attached hydrogen (secondary N) is 1. The van der Waals surface area contributed by atoms with E-state index in [0.29, 0.717) is 27.5 Å². The van der Waals surface area contributed by atoms with E-state index in [1.54, 1.807) is 24.3 Å². The smallest absolute Gasteiger partial charge is 0.263 e. The van der Waals surface area contributed by atoms with E-state index in [1.165, 1.54) is 11.3 Å². The van der Waals surface area contributed by atoms with Gasteiger partial charge in [0.15, 0.2) is 0 Å². The third-order valence-electron chi connectivity index (χ3n) is 5.89. The number of thiophene rings is 1. The topological polar surface area (TPSA) is 102 Å². The molecule has 0 bridgehead atoms. The Morgan fingerprint density at radius 2 is 1.97 bits per heavy atom. The number of hydrogen-bond acceptors (Lipinski definition) is 5. The van der Waals surface area contributed by atoms with Crippen molar-refractivity contribution in [2.75, 3.05) is 5.32 Å². The van der Waals surface area contributed by atoms with E-state index < -0.39 is 17.2 Å². The number of amides is 2. The highest BCUT2D eigenvalue weighted by atomic mass is 32.1. The van der Waals surface area contributed by atoms with Gasteiger partial charge in [-0.05, 0) is 48.3 Å². The molecule has 30 heavy (non-hydrogen) atoms. The van der Waals surface area contributed by atoms with E-state index in [0.717, 1.165) is 36.0 Å². The Bertz CT molecular complexity index is 1220. The normalized spacial score (nSPS) is 16.3. The van der Waals surface area contributed by atoms with Gasteiger partial charge >= 0.3 is 0 Å². The van der Waals surface area contributed by atoms with E-state index in [2.05, 4.69) is 26.1 Å². The SMILES string of the molecule is CC(C)(C)C1CCc2c(sc(NC(=O)c3coc4ccccc4c3=O)c2C(N)=O)C1. The van der Waals surface area contributed by atoms with Crippen molar-refractivity contribution in [3.8, 4) is 0 Å². The number of primary amides is 1. The van der Waals surface area contributed by atoms with Crippen LogP contribution >= 0.6 is 11.3 Å². The highest BCUT2D eigenvalue weighted by Gasteiger charge is 2.33. The molecule has 1 aliphatic rings. The summed E-state index contributed by atoms with van der Waals surface area (Å²) >= 11 is 1.38. The van der Waals surface area contributed by atoms with Crippen molar-refractivity contribution in [2.45, 2.75) is 40.0 Å². The van der Waals surface area contributed by atoms with Crippen molar-refractivity contribution >= 4 is 39.1 Å². The second kappa shape index (κ2) is 7.40. The van der Waals surface area contributed by atoms with Crippen molar-refractivity contribution in [3.63, 3.8) is 0 Å². The molecule has 1 atom stereocenters. The lowest BCUT2D eigenvalue weighted by Crippen LogP contribution is -2.27. The van der Waals surface area contributed by atoms with Gasteiger partial charge in [0.25, 0.3) is 11.8 Å². The molecule has 2 aromatic heterocycles. The minimum Gasteiger partial charge on any atom is -0.463 e. The molecule has 1 aromatic carbocycles. The lowest BCUT2D eigenvalue weighted by molar-refractivity contribution is 0.1000. The lowest BCUT2D eigenvalue weighted by Gasteiger charge is -2.33. The van der Waals surface area contributed by atoms with Crippen LogP contribution in [0.4, 0.5) is 5.00 Å². The zero-order chi connectivity index (χ0) is 21.6. The van der Waals surface area contributed by atoms with Gasteiger partial charge in [-0.15, -0.1) is 11.3 Å². The van der Waals surface area contributed by atoms with Gasteiger partial charge < -0.3 is 15.5 Å². The van der Waals surface area contributed by atoms with Gasteiger partial charge in [-0.1, -0.05) is 32.9 Å². The molecule has 1 aliphatic carbocycles. The third kappa shape index (κ3) is 3.54. The molecule has 0 fully saturated rings. The van der Waals surface area contributed by atoms with Crippen molar-refractivity contribution < 1.29 is 14.0 Å². The number of carbonyl (C=O) groups is 2. The van der Waals surface area contributed by atoms with Gasteiger partial charge in [-0.2, -0.15) is 0 Å². The van der Waals surface area contributed by atoms with Crippen LogP contribution in [-0.4, -0.2) is 11.8 Å². The number of rotatable bonds is 3. The van der Waals surface area contributed by atoms with Crippen molar-refractivity contribution in [2.24, 2.45) is 17.1 Å². The Hall–Kier alpha value is -2.93. The van der Waals surface area contributed by atoms with E-state index in [1.807, 2.05) is 0 Å². The summed E-state index contributed by atoms with van der Waals surface area (Å²) in [5, 5.41) is 3.48. The molecule has 7 heteroatoms. The molecule has 2 heterocycles. The summed E-state index contributed by atoms with van der Waals surface area (Å²) in [7, 11) is 0. The van der Waals surface area contributed by atoms with Crippen LogP contribution in [-0.2, 0) is 12.8 Å². The zero-order valence-electron chi connectivity index (χ0n) is 17.2. The number of anilines is 1. The summed E-state index contributed by atoms with van der Waals surface area (Å²) < 4.78 is 5.44. The van der Waals surface area contributed by atoms with Crippen molar-refractivity contribution in [1.29, 1.82) is 0 Å². The number of para-hydroxylation sites is 1. The van der Waals surface area contributed by atoms with Crippen LogP contribution in [0, 0.1) is 11.3 Å². The first-order valence-corrected chi connectivity index (χ1v) is 10.7. The van der Waals surface area contributed by atoms with Gasteiger partial charge in [0.1, 0.15) is 22.4 Å². The van der Waals surface area contributed by atoms with Crippen LogP contribution in [0.3, 0.4) is 0 Å². The van der Waals surface area contributed by atoms with E-state index in [9.17, 15) is 14.4 Å². The van der Waals surface area contributed by atoms with Crippen LogP contribution < -0.4 is 16.5 Å². The van der Waals surface area contributed by atoms with E-state index >= 15 is 0 Å². The average Bonchev–Trinajstić information content (AvgIpc) is 3.04. The molecule has 0 saturated heterocycles. The standard InChI is InChI=1S/C23H24N2O4S/c1-23(2,3)12-8-9-14-17(10-12)30-22(18(14)20(24)27)25-21(28)15-11-29-16-7-5-4-6-13(16)19(15)26/h4-7,11-12H,8-10H2,1-3H3,(H2,24,27)(H,25,28). The summed E-state index contributed by atoms with van der Waals surface area (Å²) in [6.45, 7) is 6.65. The molecule has 0 aliphatic heterocycles. The minimum atomic E-state index is -0.608. The first kappa shape index (κ1) is 20.3. The molecule has 0 saturated carbocycles. The molecule has 2 amide bonds. The van der Waals surface area contributed by atoms with Gasteiger partial charge in [-0.3, -0.25) is 14.4 Å². The summed E-state index contributed by atoms with van der Waals surface area (Å²) in [6, 6.07) is 6.75. The quantitative estimate of drug-likeness (QED) is 0.652. The number of fused-ring (bicyclic) bond motifs is 2. The number of carbonyl (C=O) groups excluding carboxylic acids is 2. The second-order valence-electron chi connectivity index (χ2n) is 8.81. The van der Waals surface area contributed by atoms with Gasteiger partial charge in [0, 0.05) is 4.88 Å². The molecule has 156 valence electrons. The summed E-state index contributed by atoms with van der Waals surface area (Å²) in [4.78, 5) is 38.9. The van der Waals surface area contributed by atoms with Crippen molar-refractivity contribution in [3.05, 3.63) is 62.3 Å². The molecular weight excluding hydrogens is 400 g/mol. The maximum Gasteiger partial charge on any atom is 0.263 e. The predicted octanol–water partition coefficient (Wildman–Crippen LogP) is 4.36. The lowest BCUT2D eigenvalue weighted by atomic mass is 9.72. The Morgan fingerprint density at radius 1 is 1.23 bits per heavy atom. The fourth-order valence-corrected chi connectivity index (χ4v) is 5.41. The molecule has 3 aromatic rings. The van der Waals surface area contributed by atoms with Crippen LogP contribution in [0.2, 0.25) is 0 Å². The highest BCUT2D eigenvalue weighted by Crippen LogP contribution is 2.44. The van der Waals surface area contributed by atoms with Gasteiger partial charge in [0.2, 0.25) is 5.43 Å². The molecule has 0 spiro atoms. The maximum atomic E-state index is 12.9. The third-order valence-corrected chi connectivity index (χ3v) is 7.06. The zero-order valence-corrected chi connectivity index (χ0v) is 18.0. The van der Waals surface area contributed by atoms with Crippen molar-refractivity contribution in [1.82, 2.24) is 0 Å². The summed E-state index contributed by atoms with van der Waals surface area (Å²) in [5.41, 5.74) is 6.99. The summed E-state index contributed by atoms with van der Waals surface area (Å²) in [6.07, 6.45) is 3.72. The fourth-order valence-electron chi connectivity index (χ4n) is 4.08. The molecule has 1 unspecified atom stereocenters. The number of benzene rings is 1. The predicted molar refractivity (Wildman–Crippen MR) is 118 cm³/mol. The van der Waals surface area contributed by atoms with Gasteiger partial charge in [0.05, 0.1) is 10.9 Å². The monoisotopic (exact) mass is 424 g/mol. The van der Waals surface area contributed by atoms with Crippen LogP contribution in [0.1, 0.15) is 58.3 Å². The Labute approximate surface area is 178 Å². The van der Waals surface area contributed by atoms with E-state index in [-0.39, 0.29) is 11.0 Å². The first-order chi connectivity index (χ1) is 14.2. The van der Waals surface area contributed by atoms with Crippen LogP contribution in [0.5, 0.6) is 0 Å². The second-order valence-corrected chi connectivity index (χ2v) is 9.91. The molecule has 4 rings (SSSR count). The highest BCUT2D eigenvalue weighted by molar-refractivity contribution is 7.17. The minimum absolute atomic E-state index is 0.108. The number of hydrogen-bond donors (Lipinski definition) is 2. The fraction of sp³-hybridized carbons (Fsp3) is 0.348. The maximum absolute atomic E-state index is 12.9. The Kier molecular flexibility index (Phi) is 5.02. The Balaban J connectivity index is 1.69.